The van der Waals surface area contributed by atoms with Gasteiger partial charge in [0.2, 0.25) is 0 Å². The third-order valence-electron chi connectivity index (χ3n) is 4.31. The largest absolute Gasteiger partial charge is 0.355 e. The number of hydrogen-bond acceptors (Lipinski definition) is 6. The van der Waals surface area contributed by atoms with Crippen molar-refractivity contribution in [2.24, 2.45) is 0 Å². The molecule has 0 aliphatic rings. The summed E-state index contributed by atoms with van der Waals surface area (Å²) in [6.07, 6.45) is 0. The fraction of sp³-hybridized carbons (Fsp3) is 0.368. The number of nitrogens with one attached hydrogen (secondary N) is 1. The Morgan fingerprint density at radius 1 is 1.07 bits per heavy atom. The highest BCUT2D eigenvalue weighted by atomic mass is 32.2. The smallest absolute Gasteiger partial charge is 0.307 e. The lowest BCUT2D eigenvalue weighted by molar-refractivity contribution is -0.384. The molecule has 0 saturated carbocycles. The predicted octanol–water partition coefficient (Wildman–Crippen LogP) is 4.65. The number of nitro benzene ring substituents is 1. The van der Waals surface area contributed by atoms with E-state index in [1.165, 1.54) is 24.3 Å². The van der Waals surface area contributed by atoms with Gasteiger partial charge in [-0.05, 0) is 57.5 Å². The van der Waals surface area contributed by atoms with Crippen LogP contribution in [0.5, 0.6) is 0 Å². The van der Waals surface area contributed by atoms with E-state index < -0.39 is 28.8 Å². The third kappa shape index (κ3) is 5.18. The first-order chi connectivity index (χ1) is 13.7. The Kier molecular flexibility index (Phi) is 7.85. The zero-order valence-corrected chi connectivity index (χ0v) is 18.5. The van der Waals surface area contributed by atoms with E-state index in [0.29, 0.717) is 10.5 Å². The summed E-state index contributed by atoms with van der Waals surface area (Å²) in [7, 11) is -5.61. The SMILES string of the molecule is CCOP(=O)(OCC)[C@@](C)(NS(=O)c1ccc(C)cc1)c1ccc([N+](=O)[O-])cc1. The normalized spacial score (nSPS) is 14.9. The van der Waals surface area contributed by atoms with Crippen LogP contribution in [-0.2, 0) is 29.9 Å². The van der Waals surface area contributed by atoms with Gasteiger partial charge in [-0.1, -0.05) is 17.7 Å². The van der Waals surface area contributed by atoms with Gasteiger partial charge in [0.15, 0.2) is 5.28 Å². The average Bonchev–Trinajstić information content (AvgIpc) is 2.68. The minimum absolute atomic E-state index is 0.110. The van der Waals surface area contributed by atoms with Gasteiger partial charge in [-0.25, -0.2) is 8.93 Å². The Bertz CT molecular complexity index is 909. The third-order valence-corrected chi connectivity index (χ3v) is 8.42. The van der Waals surface area contributed by atoms with Gasteiger partial charge in [0.05, 0.1) is 23.0 Å². The lowest BCUT2D eigenvalue weighted by Crippen LogP contribution is -2.41. The molecule has 10 heteroatoms. The summed E-state index contributed by atoms with van der Waals surface area (Å²) in [6.45, 7) is 7.06. The topological polar surface area (TPSA) is 108 Å². The van der Waals surface area contributed by atoms with Crippen LogP contribution in [0.4, 0.5) is 5.69 Å². The molecule has 0 heterocycles. The van der Waals surface area contributed by atoms with Gasteiger partial charge in [-0.15, -0.1) is 0 Å². The lowest BCUT2D eigenvalue weighted by Gasteiger charge is -2.36. The number of nitrogens with zero attached hydrogens (tertiary/aromatic N) is 1. The van der Waals surface area contributed by atoms with E-state index in [1.807, 2.05) is 19.1 Å². The summed E-state index contributed by atoms with van der Waals surface area (Å²) in [5.41, 5.74) is 1.30. The highest BCUT2D eigenvalue weighted by Gasteiger charge is 2.50. The molecule has 158 valence electrons. The molecule has 0 radical (unpaired) electrons. The van der Waals surface area contributed by atoms with Gasteiger partial charge < -0.3 is 9.05 Å². The molecule has 0 fully saturated rings. The summed E-state index contributed by atoms with van der Waals surface area (Å²) < 4.78 is 40.7. The summed E-state index contributed by atoms with van der Waals surface area (Å²) in [6, 6.07) is 12.6. The van der Waals surface area contributed by atoms with Crippen molar-refractivity contribution in [3.05, 3.63) is 69.8 Å². The van der Waals surface area contributed by atoms with E-state index in [1.54, 1.807) is 32.9 Å². The Morgan fingerprint density at radius 2 is 1.59 bits per heavy atom. The van der Waals surface area contributed by atoms with Crippen molar-refractivity contribution in [2.45, 2.75) is 37.9 Å². The maximum Gasteiger partial charge on any atom is 0.355 e. The standard InChI is InChI=1S/C19H25N2O6PS/c1-5-26-28(24,27-6-2)19(4,16-9-11-17(12-10-16)21(22)23)20-29(25)18-13-7-15(3)8-14-18/h7-14,20H,5-6H2,1-4H3/t19-,29?/m1/s1. The number of nitro groups is 1. The van der Waals surface area contributed by atoms with Crippen LogP contribution in [0.25, 0.3) is 0 Å². The Morgan fingerprint density at radius 3 is 2.03 bits per heavy atom. The Balaban J connectivity index is 2.54. The molecule has 2 atom stereocenters. The van der Waals surface area contributed by atoms with Gasteiger partial charge in [0.25, 0.3) is 5.69 Å². The summed E-state index contributed by atoms with van der Waals surface area (Å²) in [5.74, 6) is 0. The van der Waals surface area contributed by atoms with Gasteiger partial charge in [-0.3, -0.25) is 14.7 Å². The van der Waals surface area contributed by atoms with E-state index in [-0.39, 0.29) is 18.9 Å². The average molecular weight is 440 g/mol. The highest BCUT2D eigenvalue weighted by Crippen LogP contribution is 2.63. The minimum atomic E-state index is -3.86. The molecule has 29 heavy (non-hydrogen) atoms. The summed E-state index contributed by atoms with van der Waals surface area (Å²) >= 11 is 0. The molecule has 2 aromatic rings. The van der Waals surface area contributed by atoms with E-state index in [4.69, 9.17) is 9.05 Å². The molecule has 0 bridgehead atoms. The first-order valence-corrected chi connectivity index (χ1v) is 11.8. The van der Waals surface area contributed by atoms with Gasteiger partial charge >= 0.3 is 7.60 Å². The van der Waals surface area contributed by atoms with E-state index in [0.717, 1.165) is 5.56 Å². The van der Waals surface area contributed by atoms with Crippen LogP contribution in [0.1, 0.15) is 31.9 Å². The molecule has 2 rings (SSSR count). The van der Waals surface area contributed by atoms with Crippen molar-refractivity contribution in [3.8, 4) is 0 Å². The van der Waals surface area contributed by atoms with Crippen LogP contribution >= 0.6 is 7.60 Å². The number of hydrogen-bond donors (Lipinski definition) is 1. The van der Waals surface area contributed by atoms with Gasteiger partial charge in [0, 0.05) is 12.1 Å². The van der Waals surface area contributed by atoms with Crippen molar-refractivity contribution < 1.29 is 22.7 Å². The highest BCUT2D eigenvalue weighted by molar-refractivity contribution is 7.83. The molecule has 1 N–H and O–H groups in total. The second-order valence-electron chi connectivity index (χ2n) is 6.39. The number of benzene rings is 2. The van der Waals surface area contributed by atoms with Gasteiger partial charge in [-0.2, -0.15) is 0 Å². The second-order valence-corrected chi connectivity index (χ2v) is 10.0. The van der Waals surface area contributed by atoms with E-state index in [9.17, 15) is 18.9 Å². The second kappa shape index (κ2) is 9.73. The first kappa shape index (κ1) is 23.4. The molecule has 0 aliphatic heterocycles. The summed E-state index contributed by atoms with van der Waals surface area (Å²) in [5, 5.41) is 9.48. The molecule has 2 aromatic carbocycles. The zero-order valence-electron chi connectivity index (χ0n) is 16.8. The molecule has 0 spiro atoms. The van der Waals surface area contributed by atoms with Crippen LogP contribution in [0.15, 0.2) is 53.4 Å². The zero-order chi connectivity index (χ0) is 21.7. The number of rotatable bonds is 10. The fourth-order valence-electron chi connectivity index (χ4n) is 2.72. The maximum absolute atomic E-state index is 13.7. The van der Waals surface area contributed by atoms with Crippen molar-refractivity contribution in [2.75, 3.05) is 13.2 Å². The molecular formula is C19H25N2O6PS. The maximum atomic E-state index is 13.7. The molecule has 0 aromatic heterocycles. The quantitative estimate of drug-likeness (QED) is 0.327. The monoisotopic (exact) mass is 440 g/mol. The summed E-state index contributed by atoms with van der Waals surface area (Å²) in [4.78, 5) is 11.0. The fourth-order valence-corrected chi connectivity index (χ4v) is 6.13. The van der Waals surface area contributed by atoms with Crippen LogP contribution in [0, 0.1) is 17.0 Å². The molecule has 0 aliphatic carbocycles. The number of aryl methyl sites for hydroxylation is 1. The van der Waals surface area contributed by atoms with Crippen LogP contribution in [-0.4, -0.2) is 22.3 Å². The lowest BCUT2D eigenvalue weighted by atomic mass is 10.1. The van der Waals surface area contributed by atoms with Crippen LogP contribution in [0.3, 0.4) is 0 Å². The van der Waals surface area contributed by atoms with Crippen molar-refractivity contribution in [3.63, 3.8) is 0 Å². The molecule has 1 unspecified atom stereocenters. The van der Waals surface area contributed by atoms with Crippen LogP contribution < -0.4 is 4.72 Å². The van der Waals surface area contributed by atoms with E-state index >= 15 is 0 Å². The first-order valence-electron chi connectivity index (χ1n) is 9.07. The van der Waals surface area contributed by atoms with Crippen molar-refractivity contribution in [1.29, 1.82) is 0 Å². The minimum Gasteiger partial charge on any atom is -0.307 e. The number of non-ortho nitro benzene ring substituents is 1. The Labute approximate surface area is 172 Å². The van der Waals surface area contributed by atoms with Crippen LogP contribution in [0.2, 0.25) is 0 Å². The van der Waals surface area contributed by atoms with Crippen molar-refractivity contribution in [1.82, 2.24) is 4.72 Å². The molecule has 0 saturated heterocycles. The van der Waals surface area contributed by atoms with Gasteiger partial charge in [0.1, 0.15) is 11.0 Å². The molecule has 0 amide bonds. The molecule has 8 nitrogen and oxygen atoms in total. The predicted molar refractivity (Wildman–Crippen MR) is 112 cm³/mol. The van der Waals surface area contributed by atoms with E-state index in [2.05, 4.69) is 4.72 Å². The molecular weight excluding hydrogens is 415 g/mol. The Hall–Kier alpha value is -1.90. The van der Waals surface area contributed by atoms with Crippen molar-refractivity contribution >= 4 is 24.3 Å².